The Bertz CT molecular complexity index is 1240. The summed E-state index contributed by atoms with van der Waals surface area (Å²) in [7, 11) is -3.08. The zero-order valence-electron chi connectivity index (χ0n) is 19.7. The Labute approximate surface area is 205 Å². The lowest BCUT2D eigenvalue weighted by molar-refractivity contribution is -0.130. The summed E-state index contributed by atoms with van der Waals surface area (Å²) in [6.45, 7) is 6.66. The van der Waals surface area contributed by atoms with E-state index in [1.165, 1.54) is 11.8 Å². The van der Waals surface area contributed by atoms with Crippen LogP contribution in [-0.2, 0) is 14.6 Å². The number of hydrogen-bond acceptors (Lipinski definition) is 6. The number of sulfone groups is 1. The Balaban J connectivity index is 1.60. The monoisotopic (exact) mass is 498 g/mol. The highest BCUT2D eigenvalue weighted by atomic mass is 32.2. The van der Waals surface area contributed by atoms with Gasteiger partial charge in [0.25, 0.3) is 0 Å². The number of carbonyl (C=O) groups excluding carboxylic acids is 1. The van der Waals surface area contributed by atoms with Crippen molar-refractivity contribution in [2.45, 2.75) is 38.4 Å². The summed E-state index contributed by atoms with van der Waals surface area (Å²) < 4.78 is 26.0. The van der Waals surface area contributed by atoms with Crippen LogP contribution < -0.4 is 0 Å². The maximum Gasteiger partial charge on any atom is 0.233 e. The number of amides is 1. The van der Waals surface area contributed by atoms with E-state index in [4.69, 9.17) is 0 Å². The Kier molecular flexibility index (Phi) is 7.42. The minimum absolute atomic E-state index is 0.0494. The number of hydrogen-bond donors (Lipinski definition) is 0. The van der Waals surface area contributed by atoms with Crippen LogP contribution in [0.1, 0.15) is 25.8 Å². The van der Waals surface area contributed by atoms with Crippen molar-refractivity contribution in [2.24, 2.45) is 5.92 Å². The van der Waals surface area contributed by atoms with Crippen LogP contribution in [0, 0.1) is 12.8 Å². The molecule has 0 N–H and O–H groups in total. The SMILES string of the molecule is Cc1ccc(-n2c(SCC(=O)N(CC(C)C)[C@H]3CCS(=O)(=O)C3)nnc2-c2ccccc2)cc1. The van der Waals surface area contributed by atoms with Gasteiger partial charge in [0, 0.05) is 23.8 Å². The average molecular weight is 499 g/mol. The number of thioether (sulfide) groups is 1. The highest BCUT2D eigenvalue weighted by Gasteiger charge is 2.35. The fraction of sp³-hybridized carbons (Fsp3) is 0.400. The molecule has 0 unspecified atom stereocenters. The van der Waals surface area contributed by atoms with Gasteiger partial charge in [0.15, 0.2) is 20.8 Å². The minimum atomic E-state index is -3.08. The van der Waals surface area contributed by atoms with E-state index in [9.17, 15) is 13.2 Å². The molecule has 1 saturated heterocycles. The quantitative estimate of drug-likeness (QED) is 0.437. The van der Waals surface area contributed by atoms with Crippen molar-refractivity contribution in [3.63, 3.8) is 0 Å². The fourth-order valence-corrected chi connectivity index (χ4v) is 6.71. The van der Waals surface area contributed by atoms with Crippen LogP contribution in [0.15, 0.2) is 59.8 Å². The van der Waals surface area contributed by atoms with Gasteiger partial charge in [-0.1, -0.05) is 73.6 Å². The lowest BCUT2D eigenvalue weighted by Gasteiger charge is -2.29. The number of nitrogens with zero attached hydrogens (tertiary/aromatic N) is 4. The summed E-state index contributed by atoms with van der Waals surface area (Å²) in [4.78, 5) is 15.0. The summed E-state index contributed by atoms with van der Waals surface area (Å²) in [5, 5.41) is 9.48. The molecule has 180 valence electrons. The molecule has 0 aliphatic carbocycles. The maximum atomic E-state index is 13.3. The first-order valence-corrected chi connectivity index (χ1v) is 14.2. The molecule has 3 aromatic rings. The lowest BCUT2D eigenvalue weighted by Crippen LogP contribution is -2.44. The van der Waals surface area contributed by atoms with Crippen LogP contribution in [0.2, 0.25) is 0 Å². The van der Waals surface area contributed by atoms with Crippen molar-refractivity contribution >= 4 is 27.5 Å². The number of carbonyl (C=O) groups is 1. The van der Waals surface area contributed by atoms with Crippen molar-refractivity contribution in [2.75, 3.05) is 23.8 Å². The van der Waals surface area contributed by atoms with E-state index in [2.05, 4.69) is 10.2 Å². The fourth-order valence-electron chi connectivity index (χ4n) is 4.14. The number of aryl methyl sites for hydroxylation is 1. The molecule has 1 aromatic heterocycles. The van der Waals surface area contributed by atoms with Gasteiger partial charge in [-0.3, -0.25) is 9.36 Å². The third-order valence-corrected chi connectivity index (χ3v) is 8.48. The molecule has 0 spiro atoms. The van der Waals surface area contributed by atoms with Crippen molar-refractivity contribution in [3.8, 4) is 17.1 Å². The van der Waals surface area contributed by atoms with Crippen LogP contribution >= 0.6 is 11.8 Å². The summed E-state index contributed by atoms with van der Waals surface area (Å²) in [6, 6.07) is 17.7. The standard InChI is InChI=1S/C25H30N4O3S2/c1-18(2)15-28(22-13-14-34(31,32)17-22)23(30)16-33-25-27-26-24(20-7-5-4-6-8-20)29(25)21-11-9-19(3)10-12-21/h4-12,18,22H,13-17H2,1-3H3/t22-/m0/s1. The van der Waals surface area contributed by atoms with Crippen LogP contribution in [0.25, 0.3) is 17.1 Å². The van der Waals surface area contributed by atoms with Gasteiger partial charge in [0.2, 0.25) is 5.91 Å². The first kappa shape index (κ1) is 24.5. The van der Waals surface area contributed by atoms with E-state index in [1.54, 1.807) is 4.90 Å². The Morgan fingerprint density at radius 2 is 1.82 bits per heavy atom. The largest absolute Gasteiger partial charge is 0.338 e. The van der Waals surface area contributed by atoms with Gasteiger partial charge in [0.1, 0.15) is 0 Å². The zero-order valence-corrected chi connectivity index (χ0v) is 21.3. The van der Waals surface area contributed by atoms with E-state index in [0.717, 1.165) is 16.8 Å². The van der Waals surface area contributed by atoms with Gasteiger partial charge in [-0.05, 0) is 31.4 Å². The van der Waals surface area contributed by atoms with Crippen molar-refractivity contribution in [1.82, 2.24) is 19.7 Å². The Morgan fingerprint density at radius 1 is 1.12 bits per heavy atom. The predicted molar refractivity (Wildman–Crippen MR) is 136 cm³/mol. The zero-order chi connectivity index (χ0) is 24.3. The molecule has 1 atom stereocenters. The van der Waals surface area contributed by atoms with E-state index in [1.807, 2.05) is 79.9 Å². The molecular weight excluding hydrogens is 468 g/mol. The molecule has 7 nitrogen and oxygen atoms in total. The summed E-state index contributed by atoms with van der Waals surface area (Å²) in [5.41, 5.74) is 3.01. The summed E-state index contributed by atoms with van der Waals surface area (Å²) in [6.07, 6.45) is 0.503. The van der Waals surface area contributed by atoms with E-state index in [-0.39, 0.29) is 35.1 Å². The van der Waals surface area contributed by atoms with E-state index >= 15 is 0 Å². The summed E-state index contributed by atoms with van der Waals surface area (Å²) in [5.74, 6) is 1.25. The molecule has 0 saturated carbocycles. The average Bonchev–Trinajstić information content (AvgIpc) is 3.39. The molecule has 0 radical (unpaired) electrons. The number of rotatable bonds is 8. The van der Waals surface area contributed by atoms with E-state index < -0.39 is 9.84 Å². The Morgan fingerprint density at radius 3 is 2.44 bits per heavy atom. The molecule has 9 heteroatoms. The second-order valence-corrected chi connectivity index (χ2v) is 12.3. The van der Waals surface area contributed by atoms with Crippen LogP contribution in [-0.4, -0.2) is 63.8 Å². The normalized spacial score (nSPS) is 17.2. The predicted octanol–water partition coefficient (Wildman–Crippen LogP) is 4.01. The molecule has 1 aliphatic rings. The smallest absolute Gasteiger partial charge is 0.233 e. The third kappa shape index (κ3) is 5.70. The van der Waals surface area contributed by atoms with Crippen molar-refractivity contribution in [1.29, 1.82) is 0 Å². The van der Waals surface area contributed by atoms with Crippen LogP contribution in [0.4, 0.5) is 0 Å². The van der Waals surface area contributed by atoms with Gasteiger partial charge in [-0.2, -0.15) is 0 Å². The van der Waals surface area contributed by atoms with Gasteiger partial charge in [-0.25, -0.2) is 8.42 Å². The molecule has 4 rings (SSSR count). The molecule has 1 aliphatic heterocycles. The van der Waals surface area contributed by atoms with E-state index in [0.29, 0.717) is 23.9 Å². The third-order valence-electron chi connectivity index (χ3n) is 5.81. The molecule has 1 fully saturated rings. The molecule has 2 heterocycles. The molecule has 2 aromatic carbocycles. The molecule has 34 heavy (non-hydrogen) atoms. The van der Waals surface area contributed by atoms with Crippen molar-refractivity contribution < 1.29 is 13.2 Å². The molecule has 0 bridgehead atoms. The van der Waals surface area contributed by atoms with Crippen LogP contribution in [0.3, 0.4) is 0 Å². The number of benzene rings is 2. The maximum absolute atomic E-state index is 13.3. The molecule has 1 amide bonds. The van der Waals surface area contributed by atoms with Gasteiger partial charge < -0.3 is 4.90 Å². The molecular formula is C25H30N4O3S2. The Hall–Kier alpha value is -2.65. The van der Waals surface area contributed by atoms with Crippen LogP contribution in [0.5, 0.6) is 0 Å². The second kappa shape index (κ2) is 10.3. The lowest BCUT2D eigenvalue weighted by atomic mass is 10.1. The topological polar surface area (TPSA) is 85.2 Å². The van der Waals surface area contributed by atoms with Crippen molar-refractivity contribution in [3.05, 3.63) is 60.2 Å². The highest BCUT2D eigenvalue weighted by molar-refractivity contribution is 7.99. The van der Waals surface area contributed by atoms with Gasteiger partial charge in [-0.15, -0.1) is 10.2 Å². The minimum Gasteiger partial charge on any atom is -0.338 e. The first-order valence-electron chi connectivity index (χ1n) is 11.4. The van der Waals surface area contributed by atoms with Gasteiger partial charge in [0.05, 0.1) is 17.3 Å². The first-order chi connectivity index (χ1) is 16.2. The highest BCUT2D eigenvalue weighted by Crippen LogP contribution is 2.29. The second-order valence-electron chi connectivity index (χ2n) is 9.13. The number of aromatic nitrogens is 3. The summed E-state index contributed by atoms with van der Waals surface area (Å²) >= 11 is 1.33. The van der Waals surface area contributed by atoms with Gasteiger partial charge >= 0.3 is 0 Å².